The lowest BCUT2D eigenvalue weighted by Gasteiger charge is -2.16. The SMILES string of the molecule is CC(=O)Nc1ccc(F)c(C(=O)NC2CCN(C3CC3)C2)c1. The van der Waals surface area contributed by atoms with Crippen LogP contribution in [0.15, 0.2) is 18.2 Å². The van der Waals surface area contributed by atoms with Gasteiger partial charge in [0.05, 0.1) is 5.56 Å². The summed E-state index contributed by atoms with van der Waals surface area (Å²) in [6, 6.07) is 4.77. The summed E-state index contributed by atoms with van der Waals surface area (Å²) in [6.07, 6.45) is 3.39. The fraction of sp³-hybridized carbons (Fsp3) is 0.500. The van der Waals surface area contributed by atoms with E-state index in [1.54, 1.807) is 0 Å². The highest BCUT2D eigenvalue weighted by Gasteiger charge is 2.35. The fourth-order valence-corrected chi connectivity index (χ4v) is 2.92. The third kappa shape index (κ3) is 3.44. The topological polar surface area (TPSA) is 61.4 Å². The minimum atomic E-state index is -0.580. The standard InChI is InChI=1S/C16H20FN3O2/c1-10(21)18-11-2-5-15(17)14(8-11)16(22)19-12-6-7-20(9-12)13-3-4-13/h2,5,8,12-13H,3-4,6-7,9H2,1H3,(H,18,21)(H,19,22). The Balaban J connectivity index is 1.65. The van der Waals surface area contributed by atoms with Crippen LogP contribution in [0.3, 0.4) is 0 Å². The molecule has 3 rings (SSSR count). The number of amides is 2. The predicted octanol–water partition coefficient (Wildman–Crippen LogP) is 1.75. The summed E-state index contributed by atoms with van der Waals surface area (Å²) in [5, 5.41) is 5.45. The lowest BCUT2D eigenvalue weighted by Crippen LogP contribution is -2.37. The molecule has 1 atom stereocenters. The maximum Gasteiger partial charge on any atom is 0.254 e. The third-order valence-corrected chi connectivity index (χ3v) is 4.15. The van der Waals surface area contributed by atoms with Crippen molar-refractivity contribution in [2.75, 3.05) is 18.4 Å². The van der Waals surface area contributed by atoms with Gasteiger partial charge in [-0.15, -0.1) is 0 Å². The van der Waals surface area contributed by atoms with Gasteiger partial charge < -0.3 is 10.6 Å². The number of hydrogen-bond donors (Lipinski definition) is 2. The summed E-state index contributed by atoms with van der Waals surface area (Å²) in [4.78, 5) is 25.7. The molecule has 6 heteroatoms. The van der Waals surface area contributed by atoms with Crippen molar-refractivity contribution in [1.29, 1.82) is 0 Å². The van der Waals surface area contributed by atoms with Gasteiger partial charge >= 0.3 is 0 Å². The maximum atomic E-state index is 13.9. The summed E-state index contributed by atoms with van der Waals surface area (Å²) in [7, 11) is 0. The Hall–Kier alpha value is -1.95. The second-order valence-electron chi connectivity index (χ2n) is 6.06. The summed E-state index contributed by atoms with van der Waals surface area (Å²) < 4.78 is 13.9. The minimum absolute atomic E-state index is 0.0314. The van der Waals surface area contributed by atoms with Gasteiger partial charge in [-0.25, -0.2) is 4.39 Å². The van der Waals surface area contributed by atoms with Gasteiger partial charge in [0.15, 0.2) is 0 Å². The second-order valence-corrected chi connectivity index (χ2v) is 6.06. The van der Waals surface area contributed by atoms with Crippen molar-refractivity contribution in [2.45, 2.75) is 38.3 Å². The smallest absolute Gasteiger partial charge is 0.254 e. The zero-order valence-electron chi connectivity index (χ0n) is 12.6. The van der Waals surface area contributed by atoms with Crippen LogP contribution < -0.4 is 10.6 Å². The molecule has 2 N–H and O–H groups in total. The molecule has 5 nitrogen and oxygen atoms in total. The number of likely N-dealkylation sites (tertiary alicyclic amines) is 1. The maximum absolute atomic E-state index is 13.9. The van der Waals surface area contributed by atoms with Crippen molar-refractivity contribution >= 4 is 17.5 Å². The molecule has 1 saturated carbocycles. The number of hydrogen-bond acceptors (Lipinski definition) is 3. The van der Waals surface area contributed by atoms with Crippen LogP contribution in [0.1, 0.15) is 36.5 Å². The van der Waals surface area contributed by atoms with Crippen molar-refractivity contribution in [1.82, 2.24) is 10.2 Å². The lowest BCUT2D eigenvalue weighted by atomic mass is 10.1. The molecular formula is C16H20FN3O2. The first-order chi connectivity index (χ1) is 10.5. The number of benzene rings is 1. The van der Waals surface area contributed by atoms with Crippen molar-refractivity contribution < 1.29 is 14.0 Å². The molecule has 2 aliphatic rings. The van der Waals surface area contributed by atoms with Crippen LogP contribution in [0, 0.1) is 5.82 Å². The Bertz CT molecular complexity index is 601. The van der Waals surface area contributed by atoms with Crippen molar-refractivity contribution in [2.24, 2.45) is 0 Å². The Morgan fingerprint density at radius 3 is 2.73 bits per heavy atom. The van der Waals surface area contributed by atoms with E-state index in [0.717, 1.165) is 19.5 Å². The van der Waals surface area contributed by atoms with Crippen LogP contribution >= 0.6 is 0 Å². The largest absolute Gasteiger partial charge is 0.348 e. The minimum Gasteiger partial charge on any atom is -0.348 e. The molecular weight excluding hydrogens is 285 g/mol. The monoisotopic (exact) mass is 305 g/mol. The van der Waals surface area contributed by atoms with Crippen LogP contribution in [-0.4, -0.2) is 41.9 Å². The average Bonchev–Trinajstić information content (AvgIpc) is 3.21. The molecule has 2 amide bonds. The van der Waals surface area contributed by atoms with E-state index in [1.165, 1.54) is 38.0 Å². The molecule has 1 saturated heterocycles. The van der Waals surface area contributed by atoms with Gasteiger partial charge in [0.1, 0.15) is 5.82 Å². The first kappa shape index (κ1) is 15.0. The number of halogens is 1. The number of nitrogens with one attached hydrogen (secondary N) is 2. The van der Waals surface area contributed by atoms with Crippen LogP contribution in [-0.2, 0) is 4.79 Å². The molecule has 0 bridgehead atoms. The van der Waals surface area contributed by atoms with E-state index in [2.05, 4.69) is 15.5 Å². The molecule has 1 aliphatic carbocycles. The molecule has 1 aromatic rings. The van der Waals surface area contributed by atoms with E-state index < -0.39 is 11.7 Å². The van der Waals surface area contributed by atoms with Crippen molar-refractivity contribution in [3.63, 3.8) is 0 Å². The van der Waals surface area contributed by atoms with Gasteiger partial charge in [0.25, 0.3) is 5.91 Å². The number of rotatable bonds is 4. The highest BCUT2D eigenvalue weighted by Crippen LogP contribution is 2.29. The van der Waals surface area contributed by atoms with Gasteiger partial charge in [-0.2, -0.15) is 0 Å². The Kier molecular flexibility index (Phi) is 4.11. The number of nitrogens with zero attached hydrogens (tertiary/aromatic N) is 1. The summed E-state index contributed by atoms with van der Waals surface area (Å²) >= 11 is 0. The molecule has 22 heavy (non-hydrogen) atoms. The number of carbonyl (C=O) groups is 2. The molecule has 118 valence electrons. The first-order valence-electron chi connectivity index (χ1n) is 7.65. The third-order valence-electron chi connectivity index (χ3n) is 4.15. The Labute approximate surface area is 128 Å². The van der Waals surface area contributed by atoms with Gasteiger partial charge in [0.2, 0.25) is 5.91 Å². The number of carbonyl (C=O) groups excluding carboxylic acids is 2. The van der Waals surface area contributed by atoms with Gasteiger partial charge in [-0.05, 0) is 37.5 Å². The molecule has 0 aromatic heterocycles. The summed E-state index contributed by atoms with van der Waals surface area (Å²) in [5.41, 5.74) is 0.390. The summed E-state index contributed by atoms with van der Waals surface area (Å²) in [6.45, 7) is 3.20. The quantitative estimate of drug-likeness (QED) is 0.891. The van der Waals surface area contributed by atoms with Crippen molar-refractivity contribution in [3.8, 4) is 0 Å². The zero-order valence-corrected chi connectivity index (χ0v) is 12.6. The van der Waals surface area contributed by atoms with Crippen LogP contribution in [0.4, 0.5) is 10.1 Å². The van der Waals surface area contributed by atoms with Crippen LogP contribution in [0.5, 0.6) is 0 Å². The van der Waals surface area contributed by atoms with Crippen LogP contribution in [0.25, 0.3) is 0 Å². The van der Waals surface area contributed by atoms with Crippen LogP contribution in [0.2, 0.25) is 0 Å². The fourth-order valence-electron chi connectivity index (χ4n) is 2.92. The molecule has 0 spiro atoms. The molecule has 2 fully saturated rings. The first-order valence-corrected chi connectivity index (χ1v) is 7.65. The van der Waals surface area contributed by atoms with Crippen molar-refractivity contribution in [3.05, 3.63) is 29.6 Å². The van der Waals surface area contributed by atoms with E-state index in [-0.39, 0.29) is 17.5 Å². The van der Waals surface area contributed by atoms with Gasteiger partial charge in [-0.1, -0.05) is 0 Å². The van der Waals surface area contributed by atoms with E-state index in [9.17, 15) is 14.0 Å². The molecule has 1 heterocycles. The molecule has 1 unspecified atom stereocenters. The highest BCUT2D eigenvalue weighted by molar-refractivity contribution is 5.97. The lowest BCUT2D eigenvalue weighted by molar-refractivity contribution is -0.114. The van der Waals surface area contributed by atoms with Gasteiger partial charge in [-0.3, -0.25) is 14.5 Å². The normalized spacial score (nSPS) is 21.6. The second kappa shape index (κ2) is 6.04. The molecule has 0 radical (unpaired) electrons. The zero-order chi connectivity index (χ0) is 15.7. The van der Waals surface area contributed by atoms with E-state index in [1.807, 2.05) is 0 Å². The highest BCUT2D eigenvalue weighted by atomic mass is 19.1. The molecule has 1 aliphatic heterocycles. The number of anilines is 1. The van der Waals surface area contributed by atoms with E-state index in [4.69, 9.17) is 0 Å². The Morgan fingerprint density at radius 2 is 2.05 bits per heavy atom. The van der Waals surface area contributed by atoms with Gasteiger partial charge in [0, 0.05) is 37.8 Å². The van der Waals surface area contributed by atoms with E-state index >= 15 is 0 Å². The summed E-state index contributed by atoms with van der Waals surface area (Å²) in [5.74, 6) is -1.26. The average molecular weight is 305 g/mol. The van der Waals surface area contributed by atoms with E-state index in [0.29, 0.717) is 11.7 Å². The Morgan fingerprint density at radius 1 is 1.27 bits per heavy atom. The molecule has 1 aromatic carbocycles. The predicted molar refractivity (Wildman–Crippen MR) is 81.2 cm³/mol.